The van der Waals surface area contributed by atoms with Crippen LogP contribution in [0.3, 0.4) is 0 Å². The topological polar surface area (TPSA) is 87.7 Å². The lowest BCUT2D eigenvalue weighted by atomic mass is 10.2. The first kappa shape index (κ1) is 12.8. The molecule has 2 N–H and O–H groups in total. The minimum Gasteiger partial charge on any atom is -0.508 e. The van der Waals surface area contributed by atoms with Gasteiger partial charge in [-0.3, -0.25) is 4.79 Å². The summed E-state index contributed by atoms with van der Waals surface area (Å²) >= 11 is 0. The molecule has 0 bridgehead atoms. The van der Waals surface area contributed by atoms with Gasteiger partial charge in [0.15, 0.2) is 0 Å². The van der Waals surface area contributed by atoms with Gasteiger partial charge in [0.25, 0.3) is 0 Å². The zero-order valence-electron chi connectivity index (χ0n) is 9.21. The number of carbonyl (C=O) groups is 1. The van der Waals surface area contributed by atoms with E-state index in [2.05, 4.69) is 0 Å². The maximum atomic E-state index is 10.7. The van der Waals surface area contributed by atoms with Crippen molar-refractivity contribution in [2.75, 3.05) is 0 Å². The largest absolute Gasteiger partial charge is 0.508 e. The minimum absolute atomic E-state index is 0.0943. The van der Waals surface area contributed by atoms with Gasteiger partial charge >= 0.3 is 11.6 Å². The van der Waals surface area contributed by atoms with E-state index in [1.807, 2.05) is 0 Å². The molecule has 17 heavy (non-hydrogen) atoms. The molecule has 1 aromatic carbocycles. The highest BCUT2D eigenvalue weighted by Crippen LogP contribution is 2.17. The lowest BCUT2D eigenvalue weighted by molar-refractivity contribution is -0.136. The van der Waals surface area contributed by atoms with Crippen LogP contribution in [0.2, 0.25) is 0 Å². The average molecular weight is 236 g/mol. The molecule has 90 valence electrons. The molecule has 0 aliphatic heterocycles. The van der Waals surface area contributed by atoms with Gasteiger partial charge in [0.1, 0.15) is 11.3 Å². The molecule has 1 aromatic heterocycles. The number of aliphatic carboxylic acids is 1. The number of rotatable bonds is 1. The molecule has 2 aromatic rings. The molecule has 0 fully saturated rings. The monoisotopic (exact) mass is 236 g/mol. The van der Waals surface area contributed by atoms with Crippen molar-refractivity contribution in [3.8, 4) is 5.75 Å². The number of fused-ring (bicyclic) bond motifs is 1. The Hall–Kier alpha value is -2.30. The van der Waals surface area contributed by atoms with Crippen LogP contribution in [-0.4, -0.2) is 16.2 Å². The lowest BCUT2D eigenvalue weighted by Gasteiger charge is -1.94. The maximum Gasteiger partial charge on any atom is 0.336 e. The molecule has 0 radical (unpaired) electrons. The summed E-state index contributed by atoms with van der Waals surface area (Å²) in [6.45, 7) is 1.60. The van der Waals surface area contributed by atoms with Gasteiger partial charge in [-0.2, -0.15) is 0 Å². The Labute approximate surface area is 96.9 Å². The number of carboxylic acids is 1. The van der Waals surface area contributed by atoms with E-state index in [4.69, 9.17) is 14.6 Å². The summed E-state index contributed by atoms with van der Waals surface area (Å²) in [4.78, 5) is 20.1. The third kappa shape index (κ3) is 3.98. The van der Waals surface area contributed by atoms with Gasteiger partial charge in [-0.1, -0.05) is 6.92 Å². The Bertz CT molecular complexity index is 570. The van der Waals surface area contributed by atoms with E-state index in [9.17, 15) is 9.59 Å². The van der Waals surface area contributed by atoms with E-state index >= 15 is 0 Å². The standard InChI is InChI=1S/C9H6O3.C3H6O2/c10-7-3-1-6-2-4-9(11)12-8(6)5-7;1-2-3(4)5/h1-5,10H;2H2,1H3,(H,4,5). The predicted octanol–water partition coefficient (Wildman–Crippen LogP) is 1.98. The van der Waals surface area contributed by atoms with Crippen molar-refractivity contribution in [1.82, 2.24) is 0 Å². The van der Waals surface area contributed by atoms with Crippen LogP contribution in [0.1, 0.15) is 13.3 Å². The molecule has 5 heteroatoms. The molecular weight excluding hydrogens is 224 g/mol. The summed E-state index contributed by atoms with van der Waals surface area (Å²) in [6.07, 6.45) is 0.222. The van der Waals surface area contributed by atoms with E-state index in [-0.39, 0.29) is 12.2 Å². The number of hydrogen-bond donors (Lipinski definition) is 2. The highest BCUT2D eigenvalue weighted by atomic mass is 16.4. The molecule has 0 atom stereocenters. The van der Waals surface area contributed by atoms with Crippen molar-refractivity contribution >= 4 is 16.9 Å². The van der Waals surface area contributed by atoms with Gasteiger partial charge in [-0.25, -0.2) is 4.79 Å². The van der Waals surface area contributed by atoms with Gasteiger partial charge in [0, 0.05) is 23.9 Å². The number of aromatic hydroxyl groups is 1. The molecule has 2 rings (SSSR count). The second-order valence-electron chi connectivity index (χ2n) is 3.22. The van der Waals surface area contributed by atoms with Gasteiger partial charge in [0.05, 0.1) is 0 Å². The molecule has 0 aliphatic carbocycles. The molecular formula is C12H12O5. The quantitative estimate of drug-likeness (QED) is 0.739. The second-order valence-corrected chi connectivity index (χ2v) is 3.22. The van der Waals surface area contributed by atoms with Gasteiger partial charge in [-0.15, -0.1) is 0 Å². The molecule has 0 unspecified atom stereocenters. The molecule has 0 spiro atoms. The Morgan fingerprint density at radius 1 is 1.29 bits per heavy atom. The average Bonchev–Trinajstić information content (AvgIpc) is 2.29. The Balaban J connectivity index is 0.000000249. The normalized spacial score (nSPS) is 9.47. The minimum atomic E-state index is -0.745. The van der Waals surface area contributed by atoms with E-state index in [1.165, 1.54) is 12.1 Å². The van der Waals surface area contributed by atoms with E-state index in [1.54, 1.807) is 25.1 Å². The van der Waals surface area contributed by atoms with Crippen LogP contribution >= 0.6 is 0 Å². The summed E-state index contributed by atoms with van der Waals surface area (Å²) in [7, 11) is 0. The molecule has 0 amide bonds. The van der Waals surface area contributed by atoms with Gasteiger partial charge in [0.2, 0.25) is 0 Å². The molecule has 5 nitrogen and oxygen atoms in total. The van der Waals surface area contributed by atoms with Gasteiger partial charge in [-0.05, 0) is 18.2 Å². The van der Waals surface area contributed by atoms with Crippen molar-refractivity contribution in [2.24, 2.45) is 0 Å². The number of carboxylic acid groups (broad SMARTS) is 1. The number of benzene rings is 1. The van der Waals surface area contributed by atoms with Gasteiger partial charge < -0.3 is 14.6 Å². The summed E-state index contributed by atoms with van der Waals surface area (Å²) in [6, 6.07) is 7.65. The third-order valence-corrected chi connectivity index (χ3v) is 1.91. The van der Waals surface area contributed by atoms with Crippen LogP contribution in [0.25, 0.3) is 11.0 Å². The first-order chi connectivity index (χ1) is 8.02. The van der Waals surface area contributed by atoms with Crippen LogP contribution in [0.15, 0.2) is 39.5 Å². The van der Waals surface area contributed by atoms with E-state index in [0.29, 0.717) is 5.58 Å². The van der Waals surface area contributed by atoms with Crippen molar-refractivity contribution in [3.05, 3.63) is 40.8 Å². The van der Waals surface area contributed by atoms with Crippen LogP contribution in [0.4, 0.5) is 0 Å². The van der Waals surface area contributed by atoms with Crippen molar-refractivity contribution in [3.63, 3.8) is 0 Å². The van der Waals surface area contributed by atoms with Crippen molar-refractivity contribution < 1.29 is 19.4 Å². The fourth-order valence-corrected chi connectivity index (χ4v) is 1.05. The number of phenolic OH excluding ortho intramolecular Hbond substituents is 1. The number of hydrogen-bond acceptors (Lipinski definition) is 4. The van der Waals surface area contributed by atoms with E-state index < -0.39 is 11.6 Å². The Morgan fingerprint density at radius 3 is 2.47 bits per heavy atom. The Morgan fingerprint density at radius 2 is 1.88 bits per heavy atom. The predicted molar refractivity (Wildman–Crippen MR) is 62.1 cm³/mol. The zero-order chi connectivity index (χ0) is 12.8. The fourth-order valence-electron chi connectivity index (χ4n) is 1.05. The summed E-state index contributed by atoms with van der Waals surface area (Å²) < 4.78 is 4.83. The summed E-state index contributed by atoms with van der Waals surface area (Å²) in [5.74, 6) is -0.651. The molecule has 0 aliphatic rings. The second kappa shape index (κ2) is 5.69. The lowest BCUT2D eigenvalue weighted by Crippen LogP contribution is -1.93. The SMILES string of the molecule is CCC(=O)O.O=c1ccc2ccc(O)cc2o1. The van der Waals surface area contributed by atoms with Crippen LogP contribution < -0.4 is 5.63 Å². The van der Waals surface area contributed by atoms with Crippen LogP contribution in [0.5, 0.6) is 5.75 Å². The molecule has 1 heterocycles. The van der Waals surface area contributed by atoms with E-state index in [0.717, 1.165) is 5.39 Å². The van der Waals surface area contributed by atoms with Crippen LogP contribution in [-0.2, 0) is 4.79 Å². The molecule has 0 saturated heterocycles. The molecule has 0 saturated carbocycles. The van der Waals surface area contributed by atoms with Crippen LogP contribution in [0, 0.1) is 0 Å². The fraction of sp³-hybridized carbons (Fsp3) is 0.167. The van der Waals surface area contributed by atoms with Crippen molar-refractivity contribution in [2.45, 2.75) is 13.3 Å². The first-order valence-corrected chi connectivity index (χ1v) is 4.97. The first-order valence-electron chi connectivity index (χ1n) is 4.97. The highest BCUT2D eigenvalue weighted by Gasteiger charge is 1.96. The highest BCUT2D eigenvalue weighted by molar-refractivity contribution is 5.77. The Kier molecular flexibility index (Phi) is 4.28. The zero-order valence-corrected chi connectivity index (χ0v) is 9.21. The number of phenols is 1. The van der Waals surface area contributed by atoms with Crippen molar-refractivity contribution in [1.29, 1.82) is 0 Å². The maximum absolute atomic E-state index is 10.7. The summed E-state index contributed by atoms with van der Waals surface area (Å²) in [5, 5.41) is 17.6. The third-order valence-electron chi connectivity index (χ3n) is 1.91. The smallest absolute Gasteiger partial charge is 0.336 e. The summed E-state index contributed by atoms with van der Waals surface area (Å²) in [5.41, 5.74) is -0.00407.